The van der Waals surface area contributed by atoms with E-state index in [2.05, 4.69) is 6.92 Å². The molecule has 0 spiro atoms. The number of carbonyl (C=O) groups is 1. The highest BCUT2D eigenvalue weighted by atomic mass is 16.5. The number of likely N-dealkylation sites (tertiary alicyclic amines) is 1. The fourth-order valence-corrected chi connectivity index (χ4v) is 2.46. The van der Waals surface area contributed by atoms with Gasteiger partial charge < -0.3 is 15.4 Å². The highest BCUT2D eigenvalue weighted by Crippen LogP contribution is 2.17. The van der Waals surface area contributed by atoms with E-state index >= 15 is 0 Å². The van der Waals surface area contributed by atoms with E-state index in [4.69, 9.17) is 10.5 Å². The van der Waals surface area contributed by atoms with Crippen molar-refractivity contribution < 1.29 is 9.53 Å². The predicted molar refractivity (Wildman–Crippen MR) is 89.6 cm³/mol. The molecule has 0 atom stereocenters. The highest BCUT2D eigenvalue weighted by molar-refractivity contribution is 6.01. The second-order valence-corrected chi connectivity index (χ2v) is 5.72. The van der Waals surface area contributed by atoms with E-state index in [-0.39, 0.29) is 17.5 Å². The van der Waals surface area contributed by atoms with Crippen LogP contribution in [-0.4, -0.2) is 36.5 Å². The van der Waals surface area contributed by atoms with Crippen LogP contribution in [0.5, 0.6) is 5.75 Å². The fourth-order valence-electron chi connectivity index (χ4n) is 2.46. The van der Waals surface area contributed by atoms with Gasteiger partial charge in [-0.3, -0.25) is 4.79 Å². The van der Waals surface area contributed by atoms with E-state index in [9.17, 15) is 10.1 Å². The largest absolute Gasteiger partial charge is 0.494 e. The molecule has 1 aromatic carbocycles. The lowest BCUT2D eigenvalue weighted by atomic mass is 10.0. The molecule has 0 saturated carbocycles. The van der Waals surface area contributed by atoms with Gasteiger partial charge in [-0.2, -0.15) is 5.26 Å². The SMILES string of the molecule is CCCOc1ccc(/C=C(\C#N)C(=O)N2CCC(N)CC2)cc1. The van der Waals surface area contributed by atoms with Crippen LogP contribution in [0.15, 0.2) is 29.8 Å². The average molecular weight is 313 g/mol. The number of nitriles is 1. The second-order valence-electron chi connectivity index (χ2n) is 5.72. The first-order valence-electron chi connectivity index (χ1n) is 8.03. The van der Waals surface area contributed by atoms with Gasteiger partial charge in [0.2, 0.25) is 0 Å². The van der Waals surface area contributed by atoms with Gasteiger partial charge in [-0.25, -0.2) is 0 Å². The Hall–Kier alpha value is -2.32. The number of hydrogen-bond donors (Lipinski definition) is 1. The summed E-state index contributed by atoms with van der Waals surface area (Å²) in [6, 6.07) is 9.57. The third-order valence-electron chi connectivity index (χ3n) is 3.84. The standard InChI is InChI=1S/C18H23N3O2/c1-2-11-23-17-5-3-14(4-6-17)12-15(13-19)18(22)21-9-7-16(20)8-10-21/h3-6,12,16H,2,7-11,20H2,1H3/b15-12+. The van der Waals surface area contributed by atoms with Crippen molar-refractivity contribution in [3.05, 3.63) is 35.4 Å². The summed E-state index contributed by atoms with van der Waals surface area (Å²) >= 11 is 0. The van der Waals surface area contributed by atoms with E-state index < -0.39 is 0 Å². The molecule has 0 radical (unpaired) electrons. The van der Waals surface area contributed by atoms with Crippen LogP contribution in [0, 0.1) is 11.3 Å². The molecule has 2 rings (SSSR count). The molecule has 0 bridgehead atoms. The fraction of sp³-hybridized carbons (Fsp3) is 0.444. The van der Waals surface area contributed by atoms with Crippen molar-refractivity contribution in [2.45, 2.75) is 32.2 Å². The number of hydrogen-bond acceptors (Lipinski definition) is 4. The highest BCUT2D eigenvalue weighted by Gasteiger charge is 2.23. The quantitative estimate of drug-likeness (QED) is 0.668. The van der Waals surface area contributed by atoms with Gasteiger partial charge in [0.25, 0.3) is 5.91 Å². The van der Waals surface area contributed by atoms with Crippen LogP contribution in [-0.2, 0) is 4.79 Å². The van der Waals surface area contributed by atoms with Crippen molar-refractivity contribution in [3.8, 4) is 11.8 Å². The van der Waals surface area contributed by atoms with E-state index in [1.807, 2.05) is 30.3 Å². The van der Waals surface area contributed by atoms with Gasteiger partial charge in [0.1, 0.15) is 17.4 Å². The molecule has 0 unspecified atom stereocenters. The van der Waals surface area contributed by atoms with E-state index in [1.54, 1.807) is 11.0 Å². The van der Waals surface area contributed by atoms with Crippen LogP contribution in [0.4, 0.5) is 0 Å². The minimum atomic E-state index is -0.217. The number of piperidine rings is 1. The number of carbonyl (C=O) groups excluding carboxylic acids is 1. The third kappa shape index (κ3) is 4.83. The molecule has 122 valence electrons. The molecule has 1 aliphatic heterocycles. The lowest BCUT2D eigenvalue weighted by Gasteiger charge is -2.29. The monoisotopic (exact) mass is 313 g/mol. The van der Waals surface area contributed by atoms with E-state index in [0.717, 1.165) is 30.6 Å². The Labute approximate surface area is 137 Å². The first-order valence-corrected chi connectivity index (χ1v) is 8.03. The summed E-state index contributed by atoms with van der Waals surface area (Å²) < 4.78 is 5.52. The Morgan fingerprint density at radius 1 is 1.39 bits per heavy atom. The molecule has 5 nitrogen and oxygen atoms in total. The Morgan fingerprint density at radius 3 is 2.61 bits per heavy atom. The number of amides is 1. The van der Waals surface area contributed by atoms with Gasteiger partial charge in [0.05, 0.1) is 6.61 Å². The van der Waals surface area contributed by atoms with Crippen molar-refractivity contribution in [3.63, 3.8) is 0 Å². The number of nitrogens with two attached hydrogens (primary N) is 1. The lowest BCUT2D eigenvalue weighted by Crippen LogP contribution is -2.43. The Morgan fingerprint density at radius 2 is 2.04 bits per heavy atom. The van der Waals surface area contributed by atoms with E-state index in [1.165, 1.54) is 0 Å². The summed E-state index contributed by atoms with van der Waals surface area (Å²) in [6.45, 7) is 3.95. The summed E-state index contributed by atoms with van der Waals surface area (Å²) in [5, 5.41) is 9.30. The van der Waals surface area contributed by atoms with Crippen LogP contribution < -0.4 is 10.5 Å². The van der Waals surface area contributed by atoms with Crippen molar-refractivity contribution >= 4 is 12.0 Å². The Kier molecular flexibility index (Phi) is 6.19. The van der Waals surface area contributed by atoms with Crippen LogP contribution in [0.2, 0.25) is 0 Å². The van der Waals surface area contributed by atoms with Crippen LogP contribution >= 0.6 is 0 Å². The zero-order chi connectivity index (χ0) is 16.7. The normalized spacial score (nSPS) is 16.0. The number of nitrogens with zero attached hydrogens (tertiary/aromatic N) is 2. The van der Waals surface area contributed by atoms with Gasteiger partial charge in [-0.05, 0) is 43.0 Å². The van der Waals surface area contributed by atoms with Gasteiger partial charge in [-0.15, -0.1) is 0 Å². The van der Waals surface area contributed by atoms with Crippen LogP contribution in [0.1, 0.15) is 31.7 Å². The minimum Gasteiger partial charge on any atom is -0.494 e. The molecule has 1 heterocycles. The van der Waals surface area contributed by atoms with Gasteiger partial charge in [0.15, 0.2) is 0 Å². The van der Waals surface area contributed by atoms with Crippen molar-refractivity contribution in [1.82, 2.24) is 4.90 Å². The van der Waals surface area contributed by atoms with Crippen molar-refractivity contribution in [2.75, 3.05) is 19.7 Å². The third-order valence-corrected chi connectivity index (χ3v) is 3.84. The van der Waals surface area contributed by atoms with Crippen molar-refractivity contribution in [1.29, 1.82) is 5.26 Å². The Bertz CT molecular complexity index is 594. The summed E-state index contributed by atoms with van der Waals surface area (Å²) in [7, 11) is 0. The molecule has 5 heteroatoms. The zero-order valence-corrected chi connectivity index (χ0v) is 13.5. The molecular weight excluding hydrogens is 290 g/mol. The maximum atomic E-state index is 12.4. The molecule has 2 N–H and O–H groups in total. The smallest absolute Gasteiger partial charge is 0.264 e. The maximum Gasteiger partial charge on any atom is 0.264 e. The van der Waals surface area contributed by atoms with Gasteiger partial charge >= 0.3 is 0 Å². The lowest BCUT2D eigenvalue weighted by molar-refractivity contribution is -0.127. The molecule has 1 aromatic rings. The molecule has 23 heavy (non-hydrogen) atoms. The Balaban J connectivity index is 2.06. The van der Waals surface area contributed by atoms with E-state index in [0.29, 0.717) is 19.7 Å². The first kappa shape index (κ1) is 17.0. The van der Waals surface area contributed by atoms with Crippen LogP contribution in [0.3, 0.4) is 0 Å². The molecule has 1 aliphatic rings. The summed E-state index contributed by atoms with van der Waals surface area (Å²) in [6.07, 6.45) is 4.15. The minimum absolute atomic E-state index is 0.155. The molecule has 1 amide bonds. The molecule has 1 saturated heterocycles. The van der Waals surface area contributed by atoms with Gasteiger partial charge in [0, 0.05) is 19.1 Å². The zero-order valence-electron chi connectivity index (χ0n) is 13.5. The average Bonchev–Trinajstić information content (AvgIpc) is 2.59. The topological polar surface area (TPSA) is 79.3 Å². The summed E-state index contributed by atoms with van der Waals surface area (Å²) in [4.78, 5) is 14.1. The maximum absolute atomic E-state index is 12.4. The molecular formula is C18H23N3O2. The number of benzene rings is 1. The summed E-state index contributed by atoms with van der Waals surface area (Å²) in [5.41, 5.74) is 6.82. The molecule has 1 fully saturated rings. The summed E-state index contributed by atoms with van der Waals surface area (Å²) in [5.74, 6) is 0.574. The van der Waals surface area contributed by atoms with Gasteiger partial charge in [-0.1, -0.05) is 19.1 Å². The van der Waals surface area contributed by atoms with Crippen molar-refractivity contribution in [2.24, 2.45) is 5.73 Å². The second kappa shape index (κ2) is 8.35. The molecule has 0 aliphatic carbocycles. The first-order chi connectivity index (χ1) is 11.1. The van der Waals surface area contributed by atoms with Crippen LogP contribution in [0.25, 0.3) is 6.08 Å². The number of ether oxygens (including phenoxy) is 1. The molecule has 0 aromatic heterocycles. The predicted octanol–water partition coefficient (Wildman–Crippen LogP) is 2.33. The number of rotatable bonds is 5.